The van der Waals surface area contributed by atoms with Crippen LogP contribution < -0.4 is 20.5 Å². The van der Waals surface area contributed by atoms with Gasteiger partial charge in [0.05, 0.1) is 24.7 Å². The summed E-state index contributed by atoms with van der Waals surface area (Å²) in [6.45, 7) is 2.11. The first kappa shape index (κ1) is 22.2. The zero-order chi connectivity index (χ0) is 19.6. The third kappa shape index (κ3) is 4.50. The van der Waals surface area contributed by atoms with Crippen LogP contribution in [0, 0.1) is 22.0 Å². The molecule has 2 unspecified atom stereocenters. The number of halogens is 1. The summed E-state index contributed by atoms with van der Waals surface area (Å²) >= 11 is 0. The molecule has 1 aromatic rings. The van der Waals surface area contributed by atoms with Crippen molar-refractivity contribution < 1.29 is 19.2 Å². The van der Waals surface area contributed by atoms with Crippen LogP contribution in [0.3, 0.4) is 0 Å². The Kier molecular flexibility index (Phi) is 7.48. The second-order valence-corrected chi connectivity index (χ2v) is 7.39. The van der Waals surface area contributed by atoms with Crippen molar-refractivity contribution in [2.45, 2.75) is 51.1 Å². The number of nitrogens with two attached hydrogens (primary N) is 1. The number of fused-ring (bicyclic) bond motifs is 2. The predicted octanol–water partition coefficient (Wildman–Crippen LogP) is 3.06. The summed E-state index contributed by atoms with van der Waals surface area (Å²) in [5.74, 6) is 0.780. The Balaban J connectivity index is 0.00000280. The average molecular weight is 414 g/mol. The third-order valence-electron chi connectivity index (χ3n) is 5.70. The van der Waals surface area contributed by atoms with Crippen LogP contribution in [0.5, 0.6) is 11.5 Å². The summed E-state index contributed by atoms with van der Waals surface area (Å²) in [5.41, 5.74) is 5.85. The predicted molar refractivity (Wildman–Crippen MR) is 107 cm³/mol. The summed E-state index contributed by atoms with van der Waals surface area (Å²) in [4.78, 5) is 23.9. The minimum atomic E-state index is -0.561. The maximum atomic E-state index is 12.9. The van der Waals surface area contributed by atoms with Crippen molar-refractivity contribution in [2.24, 2.45) is 17.6 Å². The lowest BCUT2D eigenvalue weighted by Crippen LogP contribution is -2.53. The minimum Gasteiger partial charge on any atom is -0.493 e. The Labute approximate surface area is 170 Å². The van der Waals surface area contributed by atoms with E-state index in [2.05, 4.69) is 5.32 Å². The van der Waals surface area contributed by atoms with Crippen LogP contribution in [0.15, 0.2) is 12.1 Å². The highest BCUT2D eigenvalue weighted by Crippen LogP contribution is 2.40. The number of carbonyl (C=O) groups excluding carboxylic acids is 1. The lowest BCUT2D eigenvalue weighted by atomic mass is 9.67. The van der Waals surface area contributed by atoms with Gasteiger partial charge in [0.1, 0.15) is 5.56 Å². The van der Waals surface area contributed by atoms with Crippen molar-refractivity contribution in [3.63, 3.8) is 0 Å². The van der Waals surface area contributed by atoms with E-state index in [1.165, 1.54) is 19.2 Å². The number of rotatable bonds is 6. The van der Waals surface area contributed by atoms with Gasteiger partial charge in [0.15, 0.2) is 11.5 Å². The van der Waals surface area contributed by atoms with E-state index in [4.69, 9.17) is 15.2 Å². The molecule has 0 spiro atoms. The Bertz CT molecular complexity index is 716. The van der Waals surface area contributed by atoms with Gasteiger partial charge < -0.3 is 20.5 Å². The van der Waals surface area contributed by atoms with Crippen molar-refractivity contribution in [3.05, 3.63) is 27.8 Å². The van der Waals surface area contributed by atoms with Crippen molar-refractivity contribution in [2.75, 3.05) is 13.7 Å². The van der Waals surface area contributed by atoms with Gasteiger partial charge in [-0.05, 0) is 44.4 Å². The largest absolute Gasteiger partial charge is 0.493 e. The molecular weight excluding hydrogens is 386 g/mol. The smallest absolute Gasteiger partial charge is 0.286 e. The SMILES string of the molecule is CCOc1cc([N+](=O)[O-])c(C(=O)NC2C3CCCC2CC(N)C3)cc1OC.Cl. The fraction of sp³-hybridized carbons (Fsp3) is 0.632. The molecule has 0 heterocycles. The van der Waals surface area contributed by atoms with Crippen molar-refractivity contribution in [3.8, 4) is 11.5 Å². The molecule has 0 aromatic heterocycles. The summed E-state index contributed by atoms with van der Waals surface area (Å²) in [6.07, 6.45) is 4.98. The quantitative estimate of drug-likeness (QED) is 0.546. The van der Waals surface area contributed by atoms with Gasteiger partial charge in [-0.25, -0.2) is 0 Å². The van der Waals surface area contributed by atoms with Gasteiger partial charge in [0.25, 0.3) is 11.6 Å². The molecule has 3 rings (SSSR count). The maximum absolute atomic E-state index is 12.9. The average Bonchev–Trinajstić information content (AvgIpc) is 2.62. The zero-order valence-corrected chi connectivity index (χ0v) is 17.0. The van der Waals surface area contributed by atoms with Gasteiger partial charge in [-0.3, -0.25) is 14.9 Å². The van der Waals surface area contributed by atoms with Gasteiger partial charge in [-0.1, -0.05) is 6.42 Å². The summed E-state index contributed by atoms with van der Waals surface area (Å²) in [5, 5.41) is 14.6. The zero-order valence-electron chi connectivity index (χ0n) is 16.2. The Morgan fingerprint density at radius 3 is 2.46 bits per heavy atom. The first-order valence-electron chi connectivity index (χ1n) is 9.50. The van der Waals surface area contributed by atoms with Crippen LogP contribution in [0.25, 0.3) is 0 Å². The molecule has 0 radical (unpaired) electrons. The number of nitrogens with zero attached hydrogens (tertiary/aromatic N) is 1. The molecule has 2 bridgehead atoms. The first-order chi connectivity index (χ1) is 12.9. The highest BCUT2D eigenvalue weighted by atomic mass is 35.5. The van der Waals surface area contributed by atoms with Crippen LogP contribution in [0.2, 0.25) is 0 Å². The molecule has 28 heavy (non-hydrogen) atoms. The first-order valence-corrected chi connectivity index (χ1v) is 9.50. The number of carbonyl (C=O) groups is 1. The molecule has 0 saturated heterocycles. The van der Waals surface area contributed by atoms with Crippen LogP contribution in [-0.4, -0.2) is 36.6 Å². The maximum Gasteiger partial charge on any atom is 0.286 e. The number of ether oxygens (including phenoxy) is 2. The molecule has 2 fully saturated rings. The molecule has 156 valence electrons. The van der Waals surface area contributed by atoms with Gasteiger partial charge in [-0.15, -0.1) is 12.4 Å². The molecular formula is C19H28ClN3O5. The Morgan fingerprint density at radius 2 is 1.93 bits per heavy atom. The number of hydrogen-bond acceptors (Lipinski definition) is 6. The van der Waals surface area contributed by atoms with Crippen LogP contribution in [0.1, 0.15) is 49.4 Å². The second-order valence-electron chi connectivity index (χ2n) is 7.39. The van der Waals surface area contributed by atoms with Crippen molar-refractivity contribution in [1.29, 1.82) is 0 Å². The lowest BCUT2D eigenvalue weighted by Gasteiger charge is -2.45. The molecule has 9 heteroatoms. The van der Waals surface area contributed by atoms with E-state index in [9.17, 15) is 14.9 Å². The summed E-state index contributed by atoms with van der Waals surface area (Å²) in [6, 6.07) is 2.84. The summed E-state index contributed by atoms with van der Waals surface area (Å²) < 4.78 is 10.7. The van der Waals surface area contributed by atoms with Crippen molar-refractivity contribution >= 4 is 24.0 Å². The molecule has 2 aliphatic carbocycles. The Morgan fingerprint density at radius 1 is 1.29 bits per heavy atom. The third-order valence-corrected chi connectivity index (χ3v) is 5.70. The number of amides is 1. The highest BCUT2D eigenvalue weighted by molar-refractivity contribution is 5.99. The molecule has 2 saturated carbocycles. The minimum absolute atomic E-state index is 0. The van der Waals surface area contributed by atoms with Gasteiger partial charge in [0.2, 0.25) is 0 Å². The number of benzene rings is 1. The fourth-order valence-electron chi connectivity index (χ4n) is 4.56. The summed E-state index contributed by atoms with van der Waals surface area (Å²) in [7, 11) is 1.44. The van der Waals surface area contributed by atoms with E-state index in [1.54, 1.807) is 6.92 Å². The van der Waals surface area contributed by atoms with E-state index in [0.717, 1.165) is 32.1 Å². The number of nitrogens with one attached hydrogen (secondary N) is 1. The molecule has 8 nitrogen and oxygen atoms in total. The van der Waals surface area contributed by atoms with Gasteiger partial charge in [-0.2, -0.15) is 0 Å². The number of methoxy groups -OCH3 is 1. The number of nitro groups is 1. The molecule has 3 N–H and O–H groups in total. The standard InChI is InChI=1S/C19H27N3O5.ClH/c1-3-27-17-10-15(22(24)25)14(9-16(17)26-2)19(23)21-18-11-5-4-6-12(18)8-13(20)7-11;/h9-13,18H,3-8,20H2,1-2H3,(H,21,23);1H. The van der Waals surface area contributed by atoms with E-state index >= 15 is 0 Å². The van der Waals surface area contributed by atoms with E-state index in [1.807, 2.05) is 0 Å². The van der Waals surface area contributed by atoms with Gasteiger partial charge in [0, 0.05) is 18.2 Å². The molecule has 1 aromatic carbocycles. The monoisotopic (exact) mass is 413 g/mol. The lowest BCUT2D eigenvalue weighted by molar-refractivity contribution is -0.385. The van der Waals surface area contributed by atoms with Crippen LogP contribution in [0.4, 0.5) is 5.69 Å². The van der Waals surface area contributed by atoms with Crippen LogP contribution >= 0.6 is 12.4 Å². The molecule has 2 atom stereocenters. The molecule has 1 amide bonds. The molecule has 2 aliphatic rings. The van der Waals surface area contributed by atoms with Gasteiger partial charge >= 0.3 is 0 Å². The van der Waals surface area contributed by atoms with Crippen molar-refractivity contribution in [1.82, 2.24) is 5.32 Å². The van der Waals surface area contributed by atoms with E-state index in [0.29, 0.717) is 24.2 Å². The highest BCUT2D eigenvalue weighted by Gasteiger charge is 2.40. The van der Waals surface area contributed by atoms with Crippen LogP contribution in [-0.2, 0) is 0 Å². The van der Waals surface area contributed by atoms with E-state index in [-0.39, 0.29) is 41.5 Å². The topological polar surface area (TPSA) is 117 Å². The number of hydrogen-bond donors (Lipinski definition) is 2. The number of nitro benzene ring substituents is 1. The molecule has 0 aliphatic heterocycles. The van der Waals surface area contributed by atoms with E-state index < -0.39 is 10.8 Å². The normalized spacial score (nSPS) is 26.0. The second kappa shape index (κ2) is 9.43. The Hall–Kier alpha value is -2.06. The fourth-order valence-corrected chi connectivity index (χ4v) is 4.56.